The molecule has 0 bridgehead atoms. The Morgan fingerprint density at radius 1 is 1.08 bits per heavy atom. The topological polar surface area (TPSA) is 20.2 Å². The Balaban J connectivity index is 2.31. The van der Waals surface area contributed by atoms with E-state index in [2.05, 4.69) is 6.58 Å². The van der Waals surface area contributed by atoms with Gasteiger partial charge in [-0.1, -0.05) is 53.5 Å². The Bertz CT molecular complexity index is 728. The number of alkyl halides is 3. The van der Waals surface area contributed by atoms with Gasteiger partial charge in [0.25, 0.3) is 0 Å². The van der Waals surface area contributed by atoms with E-state index in [4.69, 9.17) is 23.2 Å². The van der Waals surface area contributed by atoms with Crippen molar-refractivity contribution >= 4 is 23.2 Å². The molecule has 0 aliphatic rings. The Labute approximate surface area is 148 Å². The van der Waals surface area contributed by atoms with Gasteiger partial charge in [0.1, 0.15) is 0 Å². The second-order valence-electron chi connectivity index (χ2n) is 5.34. The van der Waals surface area contributed by atoms with Gasteiger partial charge < -0.3 is 5.11 Å². The SMILES string of the molecule is C=CC(CC(O)c1ccccc1C(F)(F)F)c1ccc(Cl)cc1Cl. The number of allylic oxidation sites excluding steroid dienone is 1. The molecule has 0 amide bonds. The van der Waals surface area contributed by atoms with Crippen LogP contribution in [0.25, 0.3) is 0 Å². The number of hydrogen-bond acceptors (Lipinski definition) is 1. The van der Waals surface area contributed by atoms with Gasteiger partial charge in [0, 0.05) is 16.0 Å². The summed E-state index contributed by atoms with van der Waals surface area (Å²) >= 11 is 12.0. The summed E-state index contributed by atoms with van der Waals surface area (Å²) in [6, 6.07) is 9.85. The molecule has 2 unspecified atom stereocenters. The second kappa shape index (κ2) is 7.60. The fourth-order valence-corrected chi connectivity index (χ4v) is 3.11. The molecular weight excluding hydrogens is 360 g/mol. The third-order valence-electron chi connectivity index (χ3n) is 3.75. The highest BCUT2D eigenvalue weighted by Gasteiger charge is 2.35. The third-order valence-corrected chi connectivity index (χ3v) is 4.31. The first-order valence-electron chi connectivity index (χ1n) is 7.15. The van der Waals surface area contributed by atoms with Gasteiger partial charge in [-0.05, 0) is 35.7 Å². The molecule has 0 saturated heterocycles. The van der Waals surface area contributed by atoms with Gasteiger partial charge in [-0.2, -0.15) is 13.2 Å². The van der Waals surface area contributed by atoms with Crippen molar-refractivity contribution in [1.29, 1.82) is 0 Å². The van der Waals surface area contributed by atoms with Crippen LogP contribution < -0.4 is 0 Å². The molecule has 0 spiro atoms. The first-order chi connectivity index (χ1) is 11.2. The third kappa shape index (κ3) is 4.32. The minimum atomic E-state index is -4.53. The number of hydrogen-bond donors (Lipinski definition) is 1. The maximum absolute atomic E-state index is 13.1. The van der Waals surface area contributed by atoms with E-state index in [0.717, 1.165) is 6.07 Å². The minimum absolute atomic E-state index is 0.0257. The monoisotopic (exact) mass is 374 g/mol. The molecule has 24 heavy (non-hydrogen) atoms. The summed E-state index contributed by atoms with van der Waals surface area (Å²) in [7, 11) is 0. The second-order valence-corrected chi connectivity index (χ2v) is 6.19. The smallest absolute Gasteiger partial charge is 0.388 e. The highest BCUT2D eigenvalue weighted by Crippen LogP contribution is 2.39. The first kappa shape index (κ1) is 18.8. The summed E-state index contributed by atoms with van der Waals surface area (Å²) in [4.78, 5) is 0. The molecule has 0 fully saturated rings. The predicted molar refractivity (Wildman–Crippen MR) is 90.4 cm³/mol. The van der Waals surface area contributed by atoms with Crippen molar-refractivity contribution in [2.75, 3.05) is 0 Å². The highest BCUT2D eigenvalue weighted by molar-refractivity contribution is 6.35. The van der Waals surface area contributed by atoms with Crippen LogP contribution in [0.2, 0.25) is 10.0 Å². The molecular formula is C18H15Cl2F3O. The fourth-order valence-electron chi connectivity index (χ4n) is 2.57. The van der Waals surface area contributed by atoms with E-state index in [-0.39, 0.29) is 12.0 Å². The van der Waals surface area contributed by atoms with E-state index < -0.39 is 23.8 Å². The van der Waals surface area contributed by atoms with Crippen LogP contribution in [0.1, 0.15) is 35.1 Å². The van der Waals surface area contributed by atoms with Gasteiger partial charge in [0.15, 0.2) is 0 Å². The maximum atomic E-state index is 13.1. The highest BCUT2D eigenvalue weighted by atomic mass is 35.5. The molecule has 2 aromatic carbocycles. The summed E-state index contributed by atoms with van der Waals surface area (Å²) in [5, 5.41) is 11.2. The van der Waals surface area contributed by atoms with Gasteiger partial charge in [-0.15, -0.1) is 6.58 Å². The lowest BCUT2D eigenvalue weighted by atomic mass is 9.89. The molecule has 0 aliphatic heterocycles. The molecule has 1 N–H and O–H groups in total. The number of aliphatic hydroxyl groups is 1. The van der Waals surface area contributed by atoms with Crippen LogP contribution in [0.3, 0.4) is 0 Å². The van der Waals surface area contributed by atoms with Gasteiger partial charge in [-0.25, -0.2) is 0 Å². The number of benzene rings is 2. The number of rotatable bonds is 5. The Morgan fingerprint density at radius 2 is 1.75 bits per heavy atom. The fraction of sp³-hybridized carbons (Fsp3) is 0.222. The average molecular weight is 375 g/mol. The molecule has 2 rings (SSSR count). The standard InChI is InChI=1S/C18H15Cl2F3O/c1-2-11(13-8-7-12(19)10-16(13)20)9-17(24)14-5-3-4-6-15(14)18(21,22)23/h2-8,10-11,17,24H,1,9H2. The zero-order chi connectivity index (χ0) is 17.9. The normalized spacial score (nSPS) is 14.2. The van der Waals surface area contributed by atoms with Crippen molar-refractivity contribution in [3.8, 4) is 0 Å². The van der Waals surface area contributed by atoms with E-state index >= 15 is 0 Å². The van der Waals surface area contributed by atoms with E-state index in [1.54, 1.807) is 24.3 Å². The molecule has 0 heterocycles. The van der Waals surface area contributed by atoms with Crippen molar-refractivity contribution < 1.29 is 18.3 Å². The Hall–Kier alpha value is -1.49. The lowest BCUT2D eigenvalue weighted by molar-refractivity contribution is -0.139. The van der Waals surface area contributed by atoms with E-state index in [0.29, 0.717) is 15.6 Å². The summed E-state index contributed by atoms with van der Waals surface area (Å²) in [6.45, 7) is 3.69. The van der Waals surface area contributed by atoms with Gasteiger partial charge >= 0.3 is 6.18 Å². The van der Waals surface area contributed by atoms with Crippen molar-refractivity contribution in [2.45, 2.75) is 24.6 Å². The molecule has 0 saturated carbocycles. The quantitative estimate of drug-likeness (QED) is 0.599. The first-order valence-corrected chi connectivity index (χ1v) is 7.91. The van der Waals surface area contributed by atoms with Crippen molar-refractivity contribution in [2.24, 2.45) is 0 Å². The molecule has 0 aliphatic carbocycles. The molecule has 0 aromatic heterocycles. The van der Waals surface area contributed by atoms with Crippen molar-refractivity contribution in [3.63, 3.8) is 0 Å². The zero-order valence-corrected chi connectivity index (χ0v) is 14.0. The van der Waals surface area contributed by atoms with Crippen LogP contribution in [-0.4, -0.2) is 5.11 Å². The number of halogens is 5. The van der Waals surface area contributed by atoms with Crippen LogP contribution in [0, 0.1) is 0 Å². The largest absolute Gasteiger partial charge is 0.416 e. The molecule has 2 aromatic rings. The van der Waals surface area contributed by atoms with Crippen LogP contribution in [0.5, 0.6) is 0 Å². The number of aliphatic hydroxyl groups excluding tert-OH is 1. The summed E-state index contributed by atoms with van der Waals surface area (Å²) in [5.74, 6) is -0.411. The lowest BCUT2D eigenvalue weighted by Crippen LogP contribution is -2.13. The van der Waals surface area contributed by atoms with Gasteiger partial charge in [0.05, 0.1) is 11.7 Å². The van der Waals surface area contributed by atoms with Crippen LogP contribution in [-0.2, 0) is 6.18 Å². The summed E-state index contributed by atoms with van der Waals surface area (Å²) in [6.07, 6.45) is -4.26. The molecule has 128 valence electrons. The van der Waals surface area contributed by atoms with E-state index in [9.17, 15) is 18.3 Å². The Kier molecular flexibility index (Phi) is 5.97. The Morgan fingerprint density at radius 3 is 2.33 bits per heavy atom. The molecule has 2 atom stereocenters. The zero-order valence-electron chi connectivity index (χ0n) is 12.5. The van der Waals surface area contributed by atoms with Gasteiger partial charge in [-0.3, -0.25) is 0 Å². The van der Waals surface area contributed by atoms with E-state index in [1.807, 2.05) is 0 Å². The van der Waals surface area contributed by atoms with Crippen LogP contribution >= 0.6 is 23.2 Å². The molecule has 6 heteroatoms. The van der Waals surface area contributed by atoms with Gasteiger partial charge in [0.2, 0.25) is 0 Å². The predicted octanol–water partition coefficient (Wildman–Crippen LogP) is 6.41. The van der Waals surface area contributed by atoms with Crippen LogP contribution in [0.4, 0.5) is 13.2 Å². The van der Waals surface area contributed by atoms with Crippen molar-refractivity contribution in [3.05, 3.63) is 81.9 Å². The van der Waals surface area contributed by atoms with Crippen LogP contribution in [0.15, 0.2) is 55.1 Å². The average Bonchev–Trinajstić information content (AvgIpc) is 2.52. The van der Waals surface area contributed by atoms with Crippen molar-refractivity contribution in [1.82, 2.24) is 0 Å². The summed E-state index contributed by atoms with van der Waals surface area (Å²) < 4.78 is 39.3. The lowest BCUT2D eigenvalue weighted by Gasteiger charge is -2.22. The molecule has 0 radical (unpaired) electrons. The minimum Gasteiger partial charge on any atom is -0.388 e. The molecule has 1 nitrogen and oxygen atoms in total. The maximum Gasteiger partial charge on any atom is 0.416 e. The summed E-state index contributed by atoms with van der Waals surface area (Å²) in [5.41, 5.74) is -0.357. The van der Waals surface area contributed by atoms with E-state index in [1.165, 1.54) is 18.2 Å².